The van der Waals surface area contributed by atoms with Gasteiger partial charge in [-0.05, 0) is 30.9 Å². The quantitative estimate of drug-likeness (QED) is 0.809. The summed E-state index contributed by atoms with van der Waals surface area (Å²) in [5.41, 5.74) is 6.96. The van der Waals surface area contributed by atoms with Crippen LogP contribution in [0.25, 0.3) is 0 Å². The van der Waals surface area contributed by atoms with Crippen LogP contribution in [-0.4, -0.2) is 23.9 Å². The highest BCUT2D eigenvalue weighted by atomic mass is 16.2. The van der Waals surface area contributed by atoms with Crippen molar-refractivity contribution < 1.29 is 4.79 Å². The minimum absolute atomic E-state index is 0.101. The second-order valence-corrected chi connectivity index (χ2v) is 5.53. The SMILES string of the molecule is C=CCN(Cc1ccccc1)C(=O)[C@@H]1CCC[C@@H]1CN. The van der Waals surface area contributed by atoms with Gasteiger partial charge in [0.15, 0.2) is 0 Å². The Hall–Kier alpha value is -1.61. The minimum Gasteiger partial charge on any atom is -0.334 e. The first kappa shape index (κ1) is 14.8. The molecule has 1 saturated carbocycles. The second kappa shape index (κ2) is 7.25. The molecule has 0 spiro atoms. The second-order valence-electron chi connectivity index (χ2n) is 5.53. The van der Waals surface area contributed by atoms with Crippen LogP contribution in [0.1, 0.15) is 24.8 Å². The van der Waals surface area contributed by atoms with Crippen LogP contribution in [0.2, 0.25) is 0 Å². The molecule has 1 aliphatic carbocycles. The Labute approximate surface area is 121 Å². The molecule has 3 heteroatoms. The number of carbonyl (C=O) groups is 1. The van der Waals surface area contributed by atoms with E-state index in [9.17, 15) is 4.79 Å². The molecule has 2 N–H and O–H groups in total. The third-order valence-corrected chi connectivity index (χ3v) is 4.16. The van der Waals surface area contributed by atoms with Gasteiger partial charge in [0.1, 0.15) is 0 Å². The summed E-state index contributed by atoms with van der Waals surface area (Å²) in [5, 5.41) is 0. The molecule has 2 atom stereocenters. The average molecular weight is 272 g/mol. The molecule has 0 heterocycles. The lowest BCUT2D eigenvalue weighted by molar-refractivity contribution is -0.136. The molecule has 1 aliphatic rings. The average Bonchev–Trinajstić information content (AvgIpc) is 2.95. The maximum Gasteiger partial charge on any atom is 0.226 e. The third-order valence-electron chi connectivity index (χ3n) is 4.16. The van der Waals surface area contributed by atoms with Gasteiger partial charge in [0.25, 0.3) is 0 Å². The van der Waals surface area contributed by atoms with Gasteiger partial charge in [-0.3, -0.25) is 4.79 Å². The number of amides is 1. The smallest absolute Gasteiger partial charge is 0.226 e. The summed E-state index contributed by atoms with van der Waals surface area (Å²) in [5.74, 6) is 0.691. The molecule has 0 aliphatic heterocycles. The Kier molecular flexibility index (Phi) is 5.36. The van der Waals surface area contributed by atoms with Crippen molar-refractivity contribution >= 4 is 5.91 Å². The normalized spacial score (nSPS) is 21.6. The molecule has 1 aromatic carbocycles. The van der Waals surface area contributed by atoms with E-state index < -0.39 is 0 Å². The number of hydrogen-bond acceptors (Lipinski definition) is 2. The van der Waals surface area contributed by atoms with E-state index in [1.807, 2.05) is 23.1 Å². The van der Waals surface area contributed by atoms with Crippen LogP contribution in [0.4, 0.5) is 0 Å². The Morgan fingerprint density at radius 3 is 2.75 bits per heavy atom. The predicted octanol–water partition coefficient (Wildman–Crippen LogP) is 2.58. The van der Waals surface area contributed by atoms with Crippen LogP contribution in [0.5, 0.6) is 0 Å². The Morgan fingerprint density at radius 2 is 2.10 bits per heavy atom. The maximum atomic E-state index is 12.7. The third kappa shape index (κ3) is 3.48. The van der Waals surface area contributed by atoms with Gasteiger partial charge in [-0.25, -0.2) is 0 Å². The highest BCUT2D eigenvalue weighted by molar-refractivity contribution is 5.79. The van der Waals surface area contributed by atoms with Crippen molar-refractivity contribution in [3.63, 3.8) is 0 Å². The fourth-order valence-electron chi connectivity index (χ4n) is 3.07. The van der Waals surface area contributed by atoms with E-state index in [4.69, 9.17) is 5.73 Å². The van der Waals surface area contributed by atoms with Crippen LogP contribution in [0.3, 0.4) is 0 Å². The van der Waals surface area contributed by atoms with Crippen molar-refractivity contribution in [3.05, 3.63) is 48.6 Å². The summed E-state index contributed by atoms with van der Waals surface area (Å²) in [6.45, 7) is 5.64. The van der Waals surface area contributed by atoms with Gasteiger partial charge in [-0.15, -0.1) is 6.58 Å². The number of rotatable bonds is 6. The van der Waals surface area contributed by atoms with Gasteiger partial charge < -0.3 is 10.6 Å². The van der Waals surface area contributed by atoms with Gasteiger partial charge in [-0.1, -0.05) is 42.8 Å². The summed E-state index contributed by atoms with van der Waals surface area (Å²) < 4.78 is 0. The molecule has 0 bridgehead atoms. The molecule has 20 heavy (non-hydrogen) atoms. The molecule has 0 unspecified atom stereocenters. The first-order valence-corrected chi connectivity index (χ1v) is 7.40. The van der Waals surface area contributed by atoms with Crippen molar-refractivity contribution in [2.24, 2.45) is 17.6 Å². The zero-order valence-electron chi connectivity index (χ0n) is 12.0. The fraction of sp³-hybridized carbons (Fsp3) is 0.471. The van der Waals surface area contributed by atoms with Crippen LogP contribution in [0, 0.1) is 11.8 Å². The van der Waals surface area contributed by atoms with E-state index in [0.29, 0.717) is 25.6 Å². The zero-order chi connectivity index (χ0) is 14.4. The minimum atomic E-state index is 0.101. The fourth-order valence-corrected chi connectivity index (χ4v) is 3.07. The highest BCUT2D eigenvalue weighted by Crippen LogP contribution is 2.32. The van der Waals surface area contributed by atoms with Gasteiger partial charge in [0.2, 0.25) is 5.91 Å². The Balaban J connectivity index is 2.07. The maximum absolute atomic E-state index is 12.7. The summed E-state index contributed by atoms with van der Waals surface area (Å²) in [7, 11) is 0. The van der Waals surface area contributed by atoms with Crippen molar-refractivity contribution in [2.75, 3.05) is 13.1 Å². The molecule has 108 valence electrons. The number of hydrogen-bond donors (Lipinski definition) is 1. The van der Waals surface area contributed by atoms with E-state index in [2.05, 4.69) is 18.7 Å². The van der Waals surface area contributed by atoms with Crippen molar-refractivity contribution in [1.82, 2.24) is 4.90 Å². The standard InChI is InChI=1S/C17H24N2O/c1-2-11-19(13-14-7-4-3-5-8-14)17(20)16-10-6-9-15(16)12-18/h2-5,7-8,15-16H,1,6,9-13,18H2/t15-,16-/m1/s1. The zero-order valence-corrected chi connectivity index (χ0v) is 12.0. The summed E-state index contributed by atoms with van der Waals surface area (Å²) in [6, 6.07) is 10.1. The molecule has 2 rings (SSSR count). The topological polar surface area (TPSA) is 46.3 Å². The highest BCUT2D eigenvalue weighted by Gasteiger charge is 2.34. The van der Waals surface area contributed by atoms with Crippen molar-refractivity contribution in [2.45, 2.75) is 25.8 Å². The molecule has 1 aromatic rings. The molecular weight excluding hydrogens is 248 g/mol. The summed E-state index contributed by atoms with van der Waals surface area (Å²) in [6.07, 6.45) is 4.97. The number of nitrogens with two attached hydrogens (primary N) is 1. The van der Waals surface area contributed by atoms with Crippen LogP contribution >= 0.6 is 0 Å². The summed E-state index contributed by atoms with van der Waals surface area (Å²) in [4.78, 5) is 14.6. The lowest BCUT2D eigenvalue weighted by Crippen LogP contribution is -2.38. The van der Waals surface area contributed by atoms with E-state index in [0.717, 1.165) is 24.8 Å². The van der Waals surface area contributed by atoms with Crippen LogP contribution in [-0.2, 0) is 11.3 Å². The lowest BCUT2D eigenvalue weighted by Gasteiger charge is -2.27. The van der Waals surface area contributed by atoms with Gasteiger partial charge in [-0.2, -0.15) is 0 Å². The van der Waals surface area contributed by atoms with Gasteiger partial charge in [0, 0.05) is 19.0 Å². The van der Waals surface area contributed by atoms with E-state index in [1.54, 1.807) is 6.08 Å². The summed E-state index contributed by atoms with van der Waals surface area (Å²) >= 11 is 0. The van der Waals surface area contributed by atoms with Crippen molar-refractivity contribution in [1.29, 1.82) is 0 Å². The predicted molar refractivity (Wildman–Crippen MR) is 81.9 cm³/mol. The van der Waals surface area contributed by atoms with E-state index >= 15 is 0 Å². The molecule has 0 aromatic heterocycles. The van der Waals surface area contributed by atoms with Crippen LogP contribution in [0.15, 0.2) is 43.0 Å². The molecule has 0 saturated heterocycles. The van der Waals surface area contributed by atoms with Gasteiger partial charge in [0.05, 0.1) is 0 Å². The number of carbonyl (C=O) groups excluding carboxylic acids is 1. The van der Waals surface area contributed by atoms with E-state index in [1.165, 1.54) is 0 Å². The first-order valence-electron chi connectivity index (χ1n) is 7.40. The first-order chi connectivity index (χ1) is 9.76. The van der Waals surface area contributed by atoms with Gasteiger partial charge >= 0.3 is 0 Å². The Bertz CT molecular complexity index is 444. The molecule has 1 fully saturated rings. The molecule has 3 nitrogen and oxygen atoms in total. The van der Waals surface area contributed by atoms with E-state index in [-0.39, 0.29) is 11.8 Å². The van der Waals surface area contributed by atoms with Crippen molar-refractivity contribution in [3.8, 4) is 0 Å². The molecular formula is C17H24N2O. The largest absolute Gasteiger partial charge is 0.334 e. The lowest BCUT2D eigenvalue weighted by atomic mass is 9.94. The Morgan fingerprint density at radius 1 is 1.35 bits per heavy atom. The number of benzene rings is 1. The number of nitrogens with zero attached hydrogens (tertiary/aromatic N) is 1. The van der Waals surface area contributed by atoms with Crippen LogP contribution < -0.4 is 5.73 Å². The monoisotopic (exact) mass is 272 g/mol. The molecule has 0 radical (unpaired) electrons. The molecule has 1 amide bonds.